The Labute approximate surface area is 106 Å². The number of nitrogens with zero attached hydrogens (tertiary/aromatic N) is 3. The molecule has 1 unspecified atom stereocenters. The summed E-state index contributed by atoms with van der Waals surface area (Å²) in [6.45, 7) is 5.84. The topological polar surface area (TPSA) is 59.9 Å². The van der Waals surface area contributed by atoms with E-state index >= 15 is 0 Å². The van der Waals surface area contributed by atoms with Gasteiger partial charge in [0.1, 0.15) is 0 Å². The van der Waals surface area contributed by atoms with Crippen LogP contribution in [0.25, 0.3) is 10.8 Å². The van der Waals surface area contributed by atoms with Crippen LogP contribution in [-0.2, 0) is 4.74 Å². The highest BCUT2D eigenvalue weighted by atomic mass is 16.5. The van der Waals surface area contributed by atoms with Crippen LogP contribution in [0, 0.1) is 5.41 Å². The first-order valence-electron chi connectivity index (χ1n) is 6.06. The molecule has 0 radical (unpaired) electrons. The molecule has 1 fully saturated rings. The number of aromatic nitrogens is 3. The quantitative estimate of drug-likeness (QED) is 0.873. The van der Waals surface area contributed by atoms with E-state index in [1.165, 1.54) is 0 Å². The Hall–Kier alpha value is -1.75. The second kappa shape index (κ2) is 4.17. The van der Waals surface area contributed by atoms with Crippen LogP contribution in [0.1, 0.15) is 13.8 Å². The monoisotopic (exact) mass is 244 g/mol. The normalized spacial score (nSPS) is 22.2. The standard InChI is InChI=1S/C13H16N4O/c1-13(2)8-18-7-11(13)16-12-10-6-14-4-3-9(10)5-15-17-12/h3-6,11H,7-8H2,1-2H3,(H,16,17). The lowest BCUT2D eigenvalue weighted by molar-refractivity contribution is 0.167. The van der Waals surface area contributed by atoms with Gasteiger partial charge < -0.3 is 10.1 Å². The number of nitrogens with one attached hydrogen (secondary N) is 1. The van der Waals surface area contributed by atoms with Gasteiger partial charge in [-0.3, -0.25) is 4.98 Å². The first kappa shape index (κ1) is 11.3. The summed E-state index contributed by atoms with van der Waals surface area (Å²) in [6.07, 6.45) is 5.32. The van der Waals surface area contributed by atoms with Crippen LogP contribution < -0.4 is 5.32 Å². The van der Waals surface area contributed by atoms with Gasteiger partial charge >= 0.3 is 0 Å². The van der Waals surface area contributed by atoms with Gasteiger partial charge in [-0.05, 0) is 6.07 Å². The summed E-state index contributed by atoms with van der Waals surface area (Å²) in [5, 5.41) is 13.7. The number of ether oxygens (including phenoxy) is 1. The van der Waals surface area contributed by atoms with Crippen LogP contribution >= 0.6 is 0 Å². The number of rotatable bonds is 2. The highest BCUT2D eigenvalue weighted by Gasteiger charge is 2.36. The van der Waals surface area contributed by atoms with Crippen LogP contribution in [0.3, 0.4) is 0 Å². The fourth-order valence-corrected chi connectivity index (χ4v) is 2.19. The first-order chi connectivity index (χ1) is 8.67. The maximum Gasteiger partial charge on any atom is 0.158 e. The molecule has 3 rings (SSSR count). The van der Waals surface area contributed by atoms with Crippen LogP contribution in [0.15, 0.2) is 24.7 Å². The smallest absolute Gasteiger partial charge is 0.158 e. The van der Waals surface area contributed by atoms with E-state index in [-0.39, 0.29) is 11.5 Å². The Morgan fingerprint density at radius 2 is 2.28 bits per heavy atom. The molecular weight excluding hydrogens is 228 g/mol. The van der Waals surface area contributed by atoms with E-state index in [4.69, 9.17) is 4.74 Å². The molecule has 2 aromatic rings. The molecular formula is C13H16N4O. The summed E-state index contributed by atoms with van der Waals surface area (Å²) >= 11 is 0. The van der Waals surface area contributed by atoms with E-state index in [0.717, 1.165) is 23.2 Å². The van der Waals surface area contributed by atoms with Crippen molar-refractivity contribution in [2.45, 2.75) is 19.9 Å². The minimum absolute atomic E-state index is 0.103. The van der Waals surface area contributed by atoms with Crippen molar-refractivity contribution in [3.63, 3.8) is 0 Å². The molecule has 94 valence electrons. The van der Waals surface area contributed by atoms with Gasteiger partial charge in [0.2, 0.25) is 0 Å². The molecule has 1 atom stereocenters. The molecule has 5 heteroatoms. The van der Waals surface area contributed by atoms with E-state index in [1.807, 2.05) is 12.3 Å². The van der Waals surface area contributed by atoms with Crippen LogP contribution in [0.5, 0.6) is 0 Å². The second-order valence-electron chi connectivity index (χ2n) is 5.36. The highest BCUT2D eigenvalue weighted by Crippen LogP contribution is 2.31. The van der Waals surface area contributed by atoms with Crippen LogP contribution in [0.4, 0.5) is 5.82 Å². The zero-order chi connectivity index (χ0) is 12.6. The minimum Gasteiger partial charge on any atom is -0.379 e. The van der Waals surface area contributed by atoms with E-state index < -0.39 is 0 Å². The zero-order valence-corrected chi connectivity index (χ0v) is 10.6. The summed E-state index contributed by atoms with van der Waals surface area (Å²) in [5.41, 5.74) is 0.103. The molecule has 0 aromatic carbocycles. The SMILES string of the molecule is CC1(C)COCC1Nc1nncc2ccncc12. The molecule has 0 aliphatic carbocycles. The van der Waals surface area contributed by atoms with Gasteiger partial charge in [0.25, 0.3) is 0 Å². The van der Waals surface area contributed by atoms with Gasteiger partial charge in [-0.25, -0.2) is 0 Å². The summed E-state index contributed by atoms with van der Waals surface area (Å²) in [4.78, 5) is 4.15. The zero-order valence-electron chi connectivity index (χ0n) is 10.6. The predicted octanol–water partition coefficient (Wildman–Crippen LogP) is 1.86. The average Bonchev–Trinajstić information content (AvgIpc) is 2.69. The van der Waals surface area contributed by atoms with Crippen molar-refractivity contribution < 1.29 is 4.74 Å². The summed E-state index contributed by atoms with van der Waals surface area (Å²) in [5.74, 6) is 0.782. The lowest BCUT2D eigenvalue weighted by Crippen LogP contribution is -2.35. The third kappa shape index (κ3) is 1.90. The van der Waals surface area contributed by atoms with E-state index in [0.29, 0.717) is 6.61 Å². The van der Waals surface area contributed by atoms with Crippen molar-refractivity contribution >= 4 is 16.6 Å². The van der Waals surface area contributed by atoms with Crippen molar-refractivity contribution in [1.82, 2.24) is 15.2 Å². The Balaban J connectivity index is 1.95. The van der Waals surface area contributed by atoms with Crippen molar-refractivity contribution in [2.24, 2.45) is 5.41 Å². The molecule has 0 bridgehead atoms. The van der Waals surface area contributed by atoms with Crippen molar-refractivity contribution in [3.05, 3.63) is 24.7 Å². The highest BCUT2D eigenvalue weighted by molar-refractivity contribution is 5.90. The molecule has 5 nitrogen and oxygen atoms in total. The number of fused-ring (bicyclic) bond motifs is 1. The van der Waals surface area contributed by atoms with Gasteiger partial charge in [-0.15, -0.1) is 5.10 Å². The summed E-state index contributed by atoms with van der Waals surface area (Å²) < 4.78 is 5.53. The predicted molar refractivity (Wildman–Crippen MR) is 69.3 cm³/mol. The maximum atomic E-state index is 5.53. The van der Waals surface area contributed by atoms with Gasteiger partial charge in [0.15, 0.2) is 5.82 Å². The van der Waals surface area contributed by atoms with Gasteiger partial charge in [-0.1, -0.05) is 13.8 Å². The Kier molecular flexibility index (Phi) is 2.63. The molecule has 1 saturated heterocycles. The second-order valence-corrected chi connectivity index (χ2v) is 5.36. The molecule has 1 N–H and O–H groups in total. The van der Waals surface area contributed by atoms with Crippen LogP contribution in [0.2, 0.25) is 0 Å². The van der Waals surface area contributed by atoms with Gasteiger partial charge in [-0.2, -0.15) is 5.10 Å². The molecule has 18 heavy (non-hydrogen) atoms. The Morgan fingerprint density at radius 3 is 3.06 bits per heavy atom. The lowest BCUT2D eigenvalue weighted by atomic mass is 9.88. The van der Waals surface area contributed by atoms with E-state index in [1.54, 1.807) is 12.4 Å². The van der Waals surface area contributed by atoms with Crippen molar-refractivity contribution in [1.29, 1.82) is 0 Å². The van der Waals surface area contributed by atoms with Gasteiger partial charge in [0, 0.05) is 28.6 Å². The van der Waals surface area contributed by atoms with E-state index in [2.05, 4.69) is 34.3 Å². The average molecular weight is 244 g/mol. The first-order valence-corrected chi connectivity index (χ1v) is 6.06. The molecule has 0 spiro atoms. The molecule has 3 heterocycles. The molecule has 1 aliphatic heterocycles. The Morgan fingerprint density at radius 1 is 1.39 bits per heavy atom. The fourth-order valence-electron chi connectivity index (χ4n) is 2.19. The minimum atomic E-state index is 0.103. The number of anilines is 1. The maximum absolute atomic E-state index is 5.53. The Bertz CT molecular complexity index is 564. The molecule has 0 saturated carbocycles. The van der Waals surface area contributed by atoms with Crippen molar-refractivity contribution in [3.8, 4) is 0 Å². The summed E-state index contributed by atoms with van der Waals surface area (Å²) in [7, 11) is 0. The molecule has 0 amide bonds. The van der Waals surface area contributed by atoms with Crippen molar-refractivity contribution in [2.75, 3.05) is 18.5 Å². The van der Waals surface area contributed by atoms with E-state index in [9.17, 15) is 0 Å². The third-order valence-electron chi connectivity index (χ3n) is 3.48. The number of pyridine rings is 1. The fraction of sp³-hybridized carbons (Fsp3) is 0.462. The largest absolute Gasteiger partial charge is 0.379 e. The number of hydrogen-bond donors (Lipinski definition) is 1. The molecule has 2 aromatic heterocycles. The van der Waals surface area contributed by atoms with Crippen LogP contribution in [-0.4, -0.2) is 34.4 Å². The third-order valence-corrected chi connectivity index (χ3v) is 3.48. The lowest BCUT2D eigenvalue weighted by Gasteiger charge is -2.25. The number of hydrogen-bond acceptors (Lipinski definition) is 5. The van der Waals surface area contributed by atoms with Gasteiger partial charge in [0.05, 0.1) is 25.5 Å². The summed E-state index contributed by atoms with van der Waals surface area (Å²) in [6, 6.07) is 2.18. The molecule has 1 aliphatic rings.